The van der Waals surface area contributed by atoms with Gasteiger partial charge in [0.05, 0.1) is 20.6 Å². The predicted octanol–water partition coefficient (Wildman–Crippen LogP) is 3.80. The maximum Gasteiger partial charge on any atom is 0.201 e. The van der Waals surface area contributed by atoms with Crippen molar-refractivity contribution in [2.24, 2.45) is 0 Å². The molecule has 1 aliphatic carbocycles. The van der Waals surface area contributed by atoms with Gasteiger partial charge in [0.1, 0.15) is 0 Å². The highest BCUT2D eigenvalue weighted by atomic mass is 79.9. The van der Waals surface area contributed by atoms with E-state index >= 15 is 0 Å². The molecule has 0 spiro atoms. The second-order valence-electron chi connectivity index (χ2n) is 3.83. The van der Waals surface area contributed by atoms with Gasteiger partial charge in [-0.25, -0.2) is 4.98 Å². The number of rotatable bonds is 1. The second-order valence-corrected chi connectivity index (χ2v) is 5.48. The van der Waals surface area contributed by atoms with Gasteiger partial charge in [-0.05, 0) is 28.4 Å². The number of carbonyl (C=O) groups is 1. The third-order valence-corrected chi connectivity index (χ3v) is 4.54. The molecule has 1 aliphatic rings. The first kappa shape index (κ1) is 10.9. The molecule has 0 amide bonds. The fourth-order valence-corrected chi connectivity index (χ4v) is 3.64. The summed E-state index contributed by atoms with van der Waals surface area (Å²) in [6.07, 6.45) is 0. The van der Waals surface area contributed by atoms with E-state index in [-0.39, 0.29) is 5.78 Å². The lowest BCUT2D eigenvalue weighted by molar-refractivity contribution is 0.104. The number of aryl methyl sites for hydroxylation is 1. The van der Waals surface area contributed by atoms with Crippen molar-refractivity contribution in [2.45, 2.75) is 6.92 Å². The van der Waals surface area contributed by atoms with Crippen molar-refractivity contribution >= 4 is 38.6 Å². The molecule has 17 heavy (non-hydrogen) atoms. The van der Waals surface area contributed by atoms with Crippen molar-refractivity contribution in [1.29, 1.82) is 0 Å². The highest BCUT2D eigenvalue weighted by Gasteiger charge is 2.29. The summed E-state index contributed by atoms with van der Waals surface area (Å²) in [7, 11) is 0. The Morgan fingerprint density at radius 2 is 1.94 bits per heavy atom. The largest absolute Gasteiger partial charge is 0.288 e. The Labute approximate surface area is 111 Å². The summed E-state index contributed by atoms with van der Waals surface area (Å²) in [5.41, 5.74) is 5.51. The molecule has 2 nitrogen and oxygen atoms in total. The lowest BCUT2D eigenvalue weighted by atomic mass is 10.0. The van der Waals surface area contributed by atoms with Crippen LogP contribution in [0.15, 0.2) is 34.3 Å². The zero-order valence-corrected chi connectivity index (χ0v) is 11.4. The lowest BCUT2D eigenvalue weighted by Crippen LogP contribution is -1.92. The Morgan fingerprint density at radius 1 is 1.24 bits per heavy atom. The number of nitrogens with zero attached hydrogens (tertiary/aromatic N) is 1. The highest BCUT2D eigenvalue weighted by molar-refractivity contribution is 9.12. The van der Waals surface area contributed by atoms with Gasteiger partial charge in [-0.15, -0.1) is 11.3 Å². The first-order valence-corrected chi connectivity index (χ1v) is 6.81. The first-order chi connectivity index (χ1) is 8.20. The summed E-state index contributed by atoms with van der Waals surface area (Å²) >= 11 is 4.98. The van der Waals surface area contributed by atoms with Crippen molar-refractivity contribution in [3.8, 4) is 0 Å². The molecule has 1 heterocycles. The van der Waals surface area contributed by atoms with Crippen LogP contribution >= 0.6 is 27.3 Å². The van der Waals surface area contributed by atoms with Crippen molar-refractivity contribution in [1.82, 2.24) is 4.98 Å². The van der Waals surface area contributed by atoms with Gasteiger partial charge < -0.3 is 0 Å². The molecule has 0 bridgehead atoms. The van der Waals surface area contributed by atoms with Crippen LogP contribution in [0.2, 0.25) is 0 Å². The van der Waals surface area contributed by atoms with Crippen LogP contribution in [0.5, 0.6) is 0 Å². The van der Waals surface area contributed by atoms with E-state index in [0.29, 0.717) is 4.48 Å². The highest BCUT2D eigenvalue weighted by Crippen LogP contribution is 2.42. The molecule has 0 fully saturated rings. The first-order valence-electron chi connectivity index (χ1n) is 5.14. The van der Waals surface area contributed by atoms with E-state index in [2.05, 4.69) is 20.9 Å². The zero-order chi connectivity index (χ0) is 12.0. The van der Waals surface area contributed by atoms with Crippen LogP contribution in [0, 0.1) is 6.92 Å². The standard InChI is InChI=1S/C13H8BrNOS/c1-7-13(17-6-15-7)10-8-4-2-3-5-9(8)12(16)11(10)14/h2-6H,1H3. The Morgan fingerprint density at radius 3 is 2.59 bits per heavy atom. The van der Waals surface area contributed by atoms with Gasteiger partial charge in [-0.2, -0.15) is 0 Å². The van der Waals surface area contributed by atoms with E-state index in [0.717, 1.165) is 27.3 Å². The fraction of sp³-hybridized carbons (Fsp3) is 0.0769. The SMILES string of the molecule is Cc1ncsc1C1=C(Br)C(=O)c2ccccc21. The molecule has 0 radical (unpaired) electrons. The van der Waals surface area contributed by atoms with Crippen molar-refractivity contribution in [3.05, 3.63) is 56.0 Å². The number of halogens is 1. The van der Waals surface area contributed by atoms with Crippen LogP contribution in [0.1, 0.15) is 26.5 Å². The van der Waals surface area contributed by atoms with Crippen molar-refractivity contribution in [2.75, 3.05) is 0 Å². The molecule has 0 saturated heterocycles. The summed E-state index contributed by atoms with van der Waals surface area (Å²) in [5, 5.41) is 0. The molecule has 2 aromatic rings. The molecule has 1 aromatic carbocycles. The number of thiazole rings is 1. The predicted molar refractivity (Wildman–Crippen MR) is 72.6 cm³/mol. The van der Waals surface area contributed by atoms with E-state index in [1.54, 1.807) is 11.3 Å². The molecular weight excluding hydrogens is 298 g/mol. The van der Waals surface area contributed by atoms with E-state index in [9.17, 15) is 4.79 Å². The molecule has 0 N–H and O–H groups in total. The van der Waals surface area contributed by atoms with Gasteiger partial charge in [-0.3, -0.25) is 4.79 Å². The number of hydrogen-bond donors (Lipinski definition) is 0. The minimum atomic E-state index is 0.0587. The number of carbonyl (C=O) groups excluding carboxylic acids is 1. The third kappa shape index (κ3) is 1.51. The Hall–Kier alpha value is -1.26. The van der Waals surface area contributed by atoms with Gasteiger partial charge in [0.25, 0.3) is 0 Å². The minimum absolute atomic E-state index is 0.0587. The molecule has 0 unspecified atom stereocenters. The van der Waals surface area contributed by atoms with Gasteiger partial charge >= 0.3 is 0 Å². The monoisotopic (exact) mass is 305 g/mol. The van der Waals surface area contributed by atoms with Crippen LogP contribution in [0.4, 0.5) is 0 Å². The average molecular weight is 306 g/mol. The third-order valence-electron chi connectivity index (χ3n) is 2.83. The van der Waals surface area contributed by atoms with Gasteiger partial charge in [-0.1, -0.05) is 24.3 Å². The molecule has 0 atom stereocenters. The second kappa shape index (κ2) is 3.89. The Balaban J connectivity index is 2.30. The number of Topliss-reactive ketones (excluding diaryl/α,β-unsaturated/α-hetero) is 1. The minimum Gasteiger partial charge on any atom is -0.288 e. The molecule has 0 aliphatic heterocycles. The summed E-state index contributed by atoms with van der Waals surface area (Å²) in [6.45, 7) is 1.96. The number of ketones is 1. The summed E-state index contributed by atoms with van der Waals surface area (Å²) < 4.78 is 0.644. The molecule has 84 valence electrons. The van der Waals surface area contributed by atoms with Gasteiger partial charge in [0.15, 0.2) is 0 Å². The van der Waals surface area contributed by atoms with E-state index < -0.39 is 0 Å². The van der Waals surface area contributed by atoms with Crippen molar-refractivity contribution < 1.29 is 4.79 Å². The number of benzene rings is 1. The van der Waals surface area contributed by atoms with Crippen molar-refractivity contribution in [3.63, 3.8) is 0 Å². The zero-order valence-electron chi connectivity index (χ0n) is 9.03. The molecule has 3 rings (SSSR count). The van der Waals surface area contributed by atoms with Crippen LogP contribution < -0.4 is 0 Å². The van der Waals surface area contributed by atoms with Crippen LogP contribution in [-0.2, 0) is 0 Å². The van der Waals surface area contributed by atoms with Crippen LogP contribution in [0.25, 0.3) is 5.57 Å². The topological polar surface area (TPSA) is 30.0 Å². The summed E-state index contributed by atoms with van der Waals surface area (Å²) in [5.74, 6) is 0.0587. The lowest BCUT2D eigenvalue weighted by Gasteiger charge is -2.03. The fourth-order valence-electron chi connectivity index (χ4n) is 2.01. The molecule has 0 saturated carbocycles. The van der Waals surface area contributed by atoms with E-state index in [1.165, 1.54) is 0 Å². The average Bonchev–Trinajstić information content (AvgIpc) is 2.84. The maximum atomic E-state index is 12.1. The molecular formula is C13H8BrNOS. The van der Waals surface area contributed by atoms with Crippen LogP contribution in [-0.4, -0.2) is 10.8 Å². The van der Waals surface area contributed by atoms with Gasteiger partial charge in [0, 0.05) is 11.1 Å². The molecule has 1 aromatic heterocycles. The van der Waals surface area contributed by atoms with E-state index in [1.807, 2.05) is 36.7 Å². The number of aromatic nitrogens is 1. The summed E-state index contributed by atoms with van der Waals surface area (Å²) in [6, 6.07) is 7.69. The van der Waals surface area contributed by atoms with Gasteiger partial charge in [0.2, 0.25) is 5.78 Å². The smallest absolute Gasteiger partial charge is 0.201 e. The Bertz CT molecular complexity index is 657. The van der Waals surface area contributed by atoms with E-state index in [4.69, 9.17) is 0 Å². The number of allylic oxidation sites excluding steroid dienone is 1. The maximum absolute atomic E-state index is 12.1. The number of fused-ring (bicyclic) bond motifs is 1. The quantitative estimate of drug-likeness (QED) is 0.802. The van der Waals surface area contributed by atoms with Crippen LogP contribution in [0.3, 0.4) is 0 Å². The summed E-state index contributed by atoms with van der Waals surface area (Å²) in [4.78, 5) is 17.4. The Kier molecular flexibility index (Phi) is 2.49. The normalized spacial score (nSPS) is 14.4. The number of hydrogen-bond acceptors (Lipinski definition) is 3. The molecule has 4 heteroatoms.